The first-order valence-corrected chi connectivity index (χ1v) is 5.91. The lowest BCUT2D eigenvalue weighted by Gasteiger charge is -2.15. The molecule has 2 N–H and O–H groups in total. The summed E-state index contributed by atoms with van der Waals surface area (Å²) in [5.41, 5.74) is 8.84. The number of benzene rings is 1. The van der Waals surface area contributed by atoms with E-state index in [-0.39, 0.29) is 0 Å². The average molecular weight is 227 g/mol. The Kier molecular flexibility index (Phi) is 3.83. The molecule has 1 heterocycles. The Morgan fingerprint density at radius 2 is 1.94 bits per heavy atom. The Balaban J connectivity index is 2.35. The predicted molar refractivity (Wildman–Crippen MR) is 68.5 cm³/mol. The van der Waals surface area contributed by atoms with Crippen molar-refractivity contribution in [2.45, 2.75) is 25.8 Å². The highest BCUT2D eigenvalue weighted by Crippen LogP contribution is 2.25. The van der Waals surface area contributed by atoms with Gasteiger partial charge in [-0.1, -0.05) is 37.3 Å². The zero-order valence-electron chi connectivity index (χ0n) is 10.0. The zero-order chi connectivity index (χ0) is 12.1. The average Bonchev–Trinajstić information content (AvgIpc) is 2.41. The van der Waals surface area contributed by atoms with Gasteiger partial charge in [-0.05, 0) is 18.1 Å². The van der Waals surface area contributed by atoms with Crippen molar-refractivity contribution in [2.75, 3.05) is 0 Å². The molecule has 0 saturated carbocycles. The van der Waals surface area contributed by atoms with Crippen molar-refractivity contribution in [1.82, 2.24) is 9.97 Å². The number of aromatic nitrogens is 2. The van der Waals surface area contributed by atoms with Gasteiger partial charge in [0.1, 0.15) is 6.33 Å². The summed E-state index contributed by atoms with van der Waals surface area (Å²) in [4.78, 5) is 8.50. The number of nitrogens with two attached hydrogens (primary N) is 1. The van der Waals surface area contributed by atoms with Crippen LogP contribution in [0.2, 0.25) is 0 Å². The molecular formula is C14H17N3. The normalized spacial score (nSPS) is 12.4. The molecule has 0 spiro atoms. The van der Waals surface area contributed by atoms with E-state index >= 15 is 0 Å². The summed E-state index contributed by atoms with van der Waals surface area (Å²) < 4.78 is 0. The third-order valence-electron chi connectivity index (χ3n) is 2.92. The minimum absolute atomic E-state index is 0.324. The lowest BCUT2D eigenvalue weighted by atomic mass is 9.93. The highest BCUT2D eigenvalue weighted by Gasteiger charge is 2.13. The molecule has 0 bridgehead atoms. The first-order chi connectivity index (χ1) is 8.35. The lowest BCUT2D eigenvalue weighted by molar-refractivity contribution is 0.738. The Morgan fingerprint density at radius 3 is 2.59 bits per heavy atom. The third kappa shape index (κ3) is 2.68. The Labute approximate surface area is 102 Å². The molecule has 0 aliphatic rings. The van der Waals surface area contributed by atoms with Crippen molar-refractivity contribution >= 4 is 0 Å². The summed E-state index contributed by atoms with van der Waals surface area (Å²) in [6, 6.07) is 12.4. The zero-order valence-corrected chi connectivity index (χ0v) is 10.0. The summed E-state index contributed by atoms with van der Waals surface area (Å²) in [5.74, 6) is 0.324. The maximum atomic E-state index is 5.61. The molecule has 0 fully saturated rings. The van der Waals surface area contributed by atoms with Gasteiger partial charge < -0.3 is 5.73 Å². The van der Waals surface area contributed by atoms with E-state index in [1.807, 2.05) is 12.1 Å². The highest BCUT2D eigenvalue weighted by atomic mass is 14.9. The Morgan fingerprint density at radius 1 is 1.18 bits per heavy atom. The molecule has 17 heavy (non-hydrogen) atoms. The summed E-state index contributed by atoms with van der Waals surface area (Å²) in [7, 11) is 0. The minimum atomic E-state index is 0.324. The van der Waals surface area contributed by atoms with E-state index in [9.17, 15) is 0 Å². The van der Waals surface area contributed by atoms with E-state index in [2.05, 4.69) is 41.2 Å². The molecule has 1 unspecified atom stereocenters. The number of hydrogen-bond acceptors (Lipinski definition) is 3. The van der Waals surface area contributed by atoms with Crippen molar-refractivity contribution in [3.63, 3.8) is 0 Å². The van der Waals surface area contributed by atoms with Gasteiger partial charge in [-0.25, -0.2) is 9.97 Å². The maximum Gasteiger partial charge on any atom is 0.116 e. The quantitative estimate of drug-likeness (QED) is 0.873. The van der Waals surface area contributed by atoms with Crippen LogP contribution in [0.1, 0.15) is 36.2 Å². The van der Waals surface area contributed by atoms with E-state index in [0.29, 0.717) is 12.5 Å². The maximum absolute atomic E-state index is 5.61. The first-order valence-electron chi connectivity index (χ1n) is 5.91. The summed E-state index contributed by atoms with van der Waals surface area (Å²) in [6.07, 6.45) is 2.62. The number of hydrogen-bond donors (Lipinski definition) is 1. The Bertz CT molecular complexity index is 468. The monoisotopic (exact) mass is 227 g/mol. The van der Waals surface area contributed by atoms with Gasteiger partial charge in [-0.3, -0.25) is 0 Å². The smallest absolute Gasteiger partial charge is 0.116 e. The van der Waals surface area contributed by atoms with Crippen LogP contribution in [-0.4, -0.2) is 9.97 Å². The fourth-order valence-corrected chi connectivity index (χ4v) is 2.02. The van der Waals surface area contributed by atoms with Gasteiger partial charge in [0.2, 0.25) is 0 Å². The lowest BCUT2D eigenvalue weighted by Crippen LogP contribution is -2.06. The van der Waals surface area contributed by atoms with Crippen LogP contribution < -0.4 is 5.73 Å². The van der Waals surface area contributed by atoms with E-state index in [0.717, 1.165) is 17.8 Å². The van der Waals surface area contributed by atoms with Crippen LogP contribution >= 0.6 is 0 Å². The highest BCUT2D eigenvalue weighted by molar-refractivity contribution is 5.28. The van der Waals surface area contributed by atoms with Crippen LogP contribution in [0.25, 0.3) is 0 Å². The third-order valence-corrected chi connectivity index (χ3v) is 2.92. The molecule has 2 rings (SSSR count). The summed E-state index contributed by atoms with van der Waals surface area (Å²) in [6.45, 7) is 2.63. The largest absolute Gasteiger partial charge is 0.325 e. The SMILES string of the molecule is CCC(c1ccccc1)c1cc(CN)ncn1. The van der Waals surface area contributed by atoms with Crippen molar-refractivity contribution < 1.29 is 0 Å². The van der Waals surface area contributed by atoms with Gasteiger partial charge >= 0.3 is 0 Å². The molecule has 0 amide bonds. The van der Waals surface area contributed by atoms with Crippen LogP contribution in [0.3, 0.4) is 0 Å². The fourth-order valence-electron chi connectivity index (χ4n) is 2.02. The molecular weight excluding hydrogens is 210 g/mol. The van der Waals surface area contributed by atoms with Crippen LogP contribution in [0.5, 0.6) is 0 Å². The first kappa shape index (κ1) is 11.7. The standard InChI is InChI=1S/C14H17N3/c1-2-13(11-6-4-3-5-7-11)14-8-12(9-15)16-10-17-14/h3-8,10,13H,2,9,15H2,1H3. The topological polar surface area (TPSA) is 51.8 Å². The summed E-state index contributed by atoms with van der Waals surface area (Å²) >= 11 is 0. The van der Waals surface area contributed by atoms with Crippen LogP contribution in [-0.2, 0) is 6.54 Å². The summed E-state index contributed by atoms with van der Waals surface area (Å²) in [5, 5.41) is 0. The van der Waals surface area contributed by atoms with Crippen molar-refractivity contribution in [3.05, 3.63) is 59.7 Å². The molecule has 1 aromatic heterocycles. The molecule has 1 aromatic carbocycles. The van der Waals surface area contributed by atoms with Gasteiger partial charge in [-0.2, -0.15) is 0 Å². The second kappa shape index (κ2) is 5.55. The molecule has 0 aliphatic heterocycles. The molecule has 88 valence electrons. The molecule has 3 heteroatoms. The van der Waals surface area contributed by atoms with Gasteiger partial charge in [0.15, 0.2) is 0 Å². The van der Waals surface area contributed by atoms with Gasteiger partial charge in [0.05, 0.1) is 11.4 Å². The van der Waals surface area contributed by atoms with E-state index in [1.54, 1.807) is 6.33 Å². The van der Waals surface area contributed by atoms with Crippen molar-refractivity contribution in [3.8, 4) is 0 Å². The molecule has 0 saturated heterocycles. The van der Waals surface area contributed by atoms with E-state index in [1.165, 1.54) is 5.56 Å². The molecule has 0 radical (unpaired) electrons. The molecule has 3 nitrogen and oxygen atoms in total. The number of rotatable bonds is 4. The van der Waals surface area contributed by atoms with Crippen LogP contribution in [0, 0.1) is 0 Å². The van der Waals surface area contributed by atoms with Gasteiger partial charge in [0, 0.05) is 12.5 Å². The van der Waals surface area contributed by atoms with Gasteiger partial charge in [0.25, 0.3) is 0 Å². The van der Waals surface area contributed by atoms with E-state index < -0.39 is 0 Å². The second-order valence-corrected chi connectivity index (χ2v) is 4.01. The van der Waals surface area contributed by atoms with Crippen LogP contribution in [0.4, 0.5) is 0 Å². The van der Waals surface area contributed by atoms with Gasteiger partial charge in [-0.15, -0.1) is 0 Å². The fraction of sp³-hybridized carbons (Fsp3) is 0.286. The van der Waals surface area contributed by atoms with Crippen molar-refractivity contribution in [1.29, 1.82) is 0 Å². The minimum Gasteiger partial charge on any atom is -0.325 e. The molecule has 2 aromatic rings. The predicted octanol–water partition coefficient (Wildman–Crippen LogP) is 2.48. The Hall–Kier alpha value is -1.74. The van der Waals surface area contributed by atoms with Crippen LogP contribution in [0.15, 0.2) is 42.7 Å². The molecule has 1 atom stereocenters. The molecule has 0 aliphatic carbocycles. The van der Waals surface area contributed by atoms with E-state index in [4.69, 9.17) is 5.73 Å². The van der Waals surface area contributed by atoms with Crippen molar-refractivity contribution in [2.24, 2.45) is 5.73 Å². The number of nitrogens with zero attached hydrogens (tertiary/aromatic N) is 2. The second-order valence-electron chi connectivity index (χ2n) is 4.01.